The number of morpholine rings is 1. The second-order valence-electron chi connectivity index (χ2n) is 5.11. The zero-order valence-electron chi connectivity index (χ0n) is 12.2. The number of halogens is 1. The van der Waals surface area contributed by atoms with Gasteiger partial charge in [-0.3, -0.25) is 4.79 Å². The monoisotopic (exact) mass is 312 g/mol. The van der Waals surface area contributed by atoms with Crippen LogP contribution in [0.3, 0.4) is 0 Å². The zero-order valence-corrected chi connectivity index (χ0v) is 12.9. The molecule has 1 aromatic carbocycles. The number of rotatable bonds is 6. The van der Waals surface area contributed by atoms with Gasteiger partial charge in [0, 0.05) is 24.7 Å². The Labute approximate surface area is 130 Å². The number of hydrogen-bond acceptors (Lipinski definition) is 4. The van der Waals surface area contributed by atoms with E-state index in [1.807, 2.05) is 12.1 Å². The van der Waals surface area contributed by atoms with Crippen molar-refractivity contribution in [3.8, 4) is 5.75 Å². The van der Waals surface area contributed by atoms with Crippen LogP contribution >= 0.6 is 11.6 Å². The fourth-order valence-electron chi connectivity index (χ4n) is 2.12. The van der Waals surface area contributed by atoms with Crippen molar-refractivity contribution in [2.75, 3.05) is 39.9 Å². The summed E-state index contributed by atoms with van der Waals surface area (Å²) >= 11 is 5.86. The van der Waals surface area contributed by atoms with Gasteiger partial charge in [0.25, 0.3) is 0 Å². The topological polar surface area (TPSA) is 50.8 Å². The van der Waals surface area contributed by atoms with Crippen LogP contribution in [0.25, 0.3) is 0 Å². The van der Waals surface area contributed by atoms with E-state index in [9.17, 15) is 4.79 Å². The summed E-state index contributed by atoms with van der Waals surface area (Å²) in [7, 11) is 2.05. The summed E-state index contributed by atoms with van der Waals surface area (Å²) in [6.45, 7) is 3.38. The SMILES string of the molecule is CN1CCO[C@@H](CNC(=O)CCOc2cccc(Cl)c2)C1. The van der Waals surface area contributed by atoms with Gasteiger partial charge in [0.1, 0.15) is 5.75 Å². The number of carbonyl (C=O) groups is 1. The molecule has 1 heterocycles. The first kappa shape index (κ1) is 16.1. The lowest BCUT2D eigenvalue weighted by molar-refractivity contribution is -0.122. The number of nitrogens with one attached hydrogen (secondary N) is 1. The number of amides is 1. The molecule has 5 nitrogen and oxygen atoms in total. The summed E-state index contributed by atoms with van der Waals surface area (Å²) in [5, 5.41) is 3.49. The highest BCUT2D eigenvalue weighted by atomic mass is 35.5. The van der Waals surface area contributed by atoms with Gasteiger partial charge in [-0.05, 0) is 25.2 Å². The third-order valence-electron chi connectivity index (χ3n) is 3.26. The minimum absolute atomic E-state index is 0.0335. The standard InChI is InChI=1S/C15H21ClN2O3/c1-18-6-8-21-14(11-18)10-17-15(19)5-7-20-13-4-2-3-12(16)9-13/h2-4,9,14H,5-8,10-11H2,1H3,(H,17,19)/t14-/m0/s1. The molecule has 0 saturated carbocycles. The predicted octanol–water partition coefficient (Wildman–Crippen LogP) is 1.56. The van der Waals surface area contributed by atoms with Crippen molar-refractivity contribution in [3.63, 3.8) is 0 Å². The van der Waals surface area contributed by atoms with Crippen molar-refractivity contribution in [2.45, 2.75) is 12.5 Å². The molecule has 116 valence electrons. The minimum Gasteiger partial charge on any atom is -0.493 e. The first-order valence-corrected chi connectivity index (χ1v) is 7.46. The molecule has 0 aromatic heterocycles. The van der Waals surface area contributed by atoms with Crippen molar-refractivity contribution in [3.05, 3.63) is 29.3 Å². The van der Waals surface area contributed by atoms with E-state index in [1.165, 1.54) is 0 Å². The van der Waals surface area contributed by atoms with Gasteiger partial charge in [0.2, 0.25) is 5.91 Å². The molecule has 2 rings (SSSR count). The van der Waals surface area contributed by atoms with E-state index in [0.717, 1.165) is 19.7 Å². The zero-order chi connectivity index (χ0) is 15.1. The Kier molecular flexibility index (Phi) is 6.29. The maximum Gasteiger partial charge on any atom is 0.223 e. The van der Waals surface area contributed by atoms with Gasteiger partial charge >= 0.3 is 0 Å². The molecule has 1 saturated heterocycles. The molecule has 1 amide bonds. The van der Waals surface area contributed by atoms with Crippen LogP contribution < -0.4 is 10.1 Å². The van der Waals surface area contributed by atoms with Crippen LogP contribution in [0.4, 0.5) is 0 Å². The number of likely N-dealkylation sites (N-methyl/N-ethyl adjacent to an activating group) is 1. The number of ether oxygens (including phenoxy) is 2. The third kappa shape index (κ3) is 5.91. The molecule has 1 aromatic rings. The van der Waals surface area contributed by atoms with E-state index < -0.39 is 0 Å². The van der Waals surface area contributed by atoms with E-state index in [1.54, 1.807) is 12.1 Å². The van der Waals surface area contributed by atoms with Crippen molar-refractivity contribution in [1.29, 1.82) is 0 Å². The fourth-order valence-corrected chi connectivity index (χ4v) is 2.31. The average molecular weight is 313 g/mol. The summed E-state index contributed by atoms with van der Waals surface area (Å²) < 4.78 is 11.1. The lowest BCUT2D eigenvalue weighted by Gasteiger charge is -2.30. The van der Waals surface area contributed by atoms with E-state index in [-0.39, 0.29) is 12.0 Å². The van der Waals surface area contributed by atoms with Crippen LogP contribution in [0.1, 0.15) is 6.42 Å². The van der Waals surface area contributed by atoms with Crippen LogP contribution in [0.15, 0.2) is 24.3 Å². The van der Waals surface area contributed by atoms with Crippen LogP contribution in [0.2, 0.25) is 5.02 Å². The van der Waals surface area contributed by atoms with Gasteiger partial charge in [0.15, 0.2) is 0 Å². The molecule has 1 fully saturated rings. The predicted molar refractivity (Wildman–Crippen MR) is 81.8 cm³/mol. The van der Waals surface area contributed by atoms with Crippen LogP contribution in [0, 0.1) is 0 Å². The number of carbonyl (C=O) groups excluding carboxylic acids is 1. The Bertz CT molecular complexity index is 470. The molecule has 1 N–H and O–H groups in total. The summed E-state index contributed by atoms with van der Waals surface area (Å²) in [6.07, 6.45) is 0.385. The van der Waals surface area contributed by atoms with E-state index in [4.69, 9.17) is 21.1 Å². The summed E-state index contributed by atoms with van der Waals surface area (Å²) in [4.78, 5) is 13.9. The molecule has 1 aliphatic rings. The number of benzene rings is 1. The Hall–Kier alpha value is -1.30. The third-order valence-corrected chi connectivity index (χ3v) is 3.50. The van der Waals surface area contributed by atoms with Crippen molar-refractivity contribution >= 4 is 17.5 Å². The second kappa shape index (κ2) is 8.22. The average Bonchev–Trinajstić information content (AvgIpc) is 2.45. The second-order valence-corrected chi connectivity index (χ2v) is 5.55. The lowest BCUT2D eigenvalue weighted by Crippen LogP contribution is -2.46. The molecule has 6 heteroatoms. The van der Waals surface area contributed by atoms with E-state index in [2.05, 4.69) is 17.3 Å². The Balaban J connectivity index is 1.61. The van der Waals surface area contributed by atoms with Gasteiger partial charge in [0.05, 0.1) is 25.7 Å². The maximum atomic E-state index is 11.7. The van der Waals surface area contributed by atoms with Gasteiger partial charge in [-0.2, -0.15) is 0 Å². The lowest BCUT2D eigenvalue weighted by atomic mass is 10.2. The highest BCUT2D eigenvalue weighted by Crippen LogP contribution is 2.17. The minimum atomic E-state index is -0.0335. The van der Waals surface area contributed by atoms with Crippen LogP contribution in [-0.2, 0) is 9.53 Å². The molecular formula is C15H21ClN2O3. The molecule has 1 aliphatic heterocycles. The van der Waals surface area contributed by atoms with Gasteiger partial charge in [-0.1, -0.05) is 17.7 Å². The molecule has 1 atom stereocenters. The fraction of sp³-hybridized carbons (Fsp3) is 0.533. The normalized spacial score (nSPS) is 19.2. The van der Waals surface area contributed by atoms with Gasteiger partial charge in [-0.15, -0.1) is 0 Å². The van der Waals surface area contributed by atoms with Gasteiger partial charge in [-0.25, -0.2) is 0 Å². The molecule has 0 bridgehead atoms. The van der Waals surface area contributed by atoms with E-state index >= 15 is 0 Å². The first-order chi connectivity index (χ1) is 10.1. The Morgan fingerprint density at radius 1 is 1.57 bits per heavy atom. The Morgan fingerprint density at radius 2 is 2.43 bits per heavy atom. The largest absolute Gasteiger partial charge is 0.493 e. The highest BCUT2D eigenvalue weighted by molar-refractivity contribution is 6.30. The summed E-state index contributed by atoms with van der Waals surface area (Å²) in [6, 6.07) is 7.14. The summed E-state index contributed by atoms with van der Waals surface area (Å²) in [5.74, 6) is 0.640. The molecular weight excluding hydrogens is 292 g/mol. The van der Waals surface area contributed by atoms with Crippen molar-refractivity contribution in [2.24, 2.45) is 0 Å². The Morgan fingerprint density at radius 3 is 3.19 bits per heavy atom. The van der Waals surface area contributed by atoms with Crippen LogP contribution in [-0.4, -0.2) is 56.8 Å². The maximum absolute atomic E-state index is 11.7. The smallest absolute Gasteiger partial charge is 0.223 e. The molecule has 0 spiro atoms. The number of nitrogens with zero attached hydrogens (tertiary/aromatic N) is 1. The first-order valence-electron chi connectivity index (χ1n) is 7.08. The molecule has 0 radical (unpaired) electrons. The molecule has 21 heavy (non-hydrogen) atoms. The van der Waals surface area contributed by atoms with Crippen molar-refractivity contribution in [1.82, 2.24) is 10.2 Å². The van der Waals surface area contributed by atoms with Crippen LogP contribution in [0.5, 0.6) is 5.75 Å². The molecule has 0 unspecified atom stereocenters. The van der Waals surface area contributed by atoms with E-state index in [0.29, 0.717) is 30.3 Å². The number of hydrogen-bond donors (Lipinski definition) is 1. The highest BCUT2D eigenvalue weighted by Gasteiger charge is 2.18. The quantitative estimate of drug-likeness (QED) is 0.866. The molecule has 0 aliphatic carbocycles. The van der Waals surface area contributed by atoms with Gasteiger partial charge < -0.3 is 19.7 Å². The van der Waals surface area contributed by atoms with Crippen molar-refractivity contribution < 1.29 is 14.3 Å². The summed E-state index contributed by atoms with van der Waals surface area (Å²) in [5.41, 5.74) is 0.